The predicted octanol–water partition coefficient (Wildman–Crippen LogP) is 3.60. The van der Waals surface area contributed by atoms with E-state index in [4.69, 9.17) is 0 Å². The van der Waals surface area contributed by atoms with Gasteiger partial charge in [-0.1, -0.05) is 0 Å². The maximum atomic E-state index is 10.8. The van der Waals surface area contributed by atoms with Crippen molar-refractivity contribution in [3.05, 3.63) is 33.9 Å². The van der Waals surface area contributed by atoms with Gasteiger partial charge in [0, 0.05) is 29.1 Å². The van der Waals surface area contributed by atoms with E-state index in [9.17, 15) is 10.1 Å². The van der Waals surface area contributed by atoms with Crippen molar-refractivity contribution in [2.45, 2.75) is 31.4 Å². The van der Waals surface area contributed by atoms with E-state index in [-0.39, 0.29) is 15.4 Å². The smallest absolute Gasteiger partial charge is 0.271 e. The quantitative estimate of drug-likeness (QED) is 0.668. The number of aryl methyl sites for hydroxylation is 1. The minimum Gasteiger partial charge on any atom is -0.383 e. The predicted molar refractivity (Wildman–Crippen MR) is 76.4 cm³/mol. The zero-order chi connectivity index (χ0) is 13.2. The standard InChI is InChI=1S/C13H18N2O2S/c1-10-6-11(8-12(7-10)15(16)17)14-9-13(2)4-3-5-18-13/h6-8,14H,3-5,9H2,1-2H3. The third-order valence-corrected chi connectivity index (χ3v) is 4.78. The molecule has 0 spiro atoms. The van der Waals surface area contributed by atoms with E-state index in [1.165, 1.54) is 18.6 Å². The van der Waals surface area contributed by atoms with Crippen LogP contribution in [0.1, 0.15) is 25.3 Å². The van der Waals surface area contributed by atoms with Gasteiger partial charge in [-0.15, -0.1) is 0 Å². The van der Waals surface area contributed by atoms with E-state index in [1.807, 2.05) is 24.8 Å². The normalized spacial score (nSPS) is 23.0. The molecule has 1 aliphatic rings. The number of nitrogens with one attached hydrogen (secondary N) is 1. The molecule has 1 aromatic carbocycles. The molecule has 1 aliphatic heterocycles. The lowest BCUT2D eigenvalue weighted by Crippen LogP contribution is -2.27. The maximum Gasteiger partial charge on any atom is 0.271 e. The highest BCUT2D eigenvalue weighted by Gasteiger charge is 2.29. The van der Waals surface area contributed by atoms with Gasteiger partial charge in [0.15, 0.2) is 0 Å². The number of benzene rings is 1. The summed E-state index contributed by atoms with van der Waals surface area (Å²) in [7, 11) is 0. The van der Waals surface area contributed by atoms with E-state index < -0.39 is 0 Å². The van der Waals surface area contributed by atoms with Gasteiger partial charge in [0.05, 0.1) is 4.92 Å². The number of hydrogen-bond acceptors (Lipinski definition) is 4. The van der Waals surface area contributed by atoms with Gasteiger partial charge < -0.3 is 5.32 Å². The molecule has 98 valence electrons. The molecule has 5 heteroatoms. The Hall–Kier alpha value is -1.23. The molecule has 1 unspecified atom stereocenters. The molecule has 1 aromatic rings. The van der Waals surface area contributed by atoms with Crippen LogP contribution in [0.4, 0.5) is 11.4 Å². The van der Waals surface area contributed by atoms with Crippen molar-refractivity contribution in [3.8, 4) is 0 Å². The highest BCUT2D eigenvalue weighted by atomic mass is 32.2. The highest BCUT2D eigenvalue weighted by molar-refractivity contribution is 8.00. The first-order valence-corrected chi connectivity index (χ1v) is 7.11. The Morgan fingerprint density at radius 3 is 2.89 bits per heavy atom. The van der Waals surface area contributed by atoms with Crippen LogP contribution in [0.25, 0.3) is 0 Å². The highest BCUT2D eigenvalue weighted by Crippen LogP contribution is 2.37. The van der Waals surface area contributed by atoms with Gasteiger partial charge >= 0.3 is 0 Å². The Bertz CT molecular complexity index is 456. The van der Waals surface area contributed by atoms with Crippen molar-refractivity contribution in [2.24, 2.45) is 0 Å². The lowest BCUT2D eigenvalue weighted by Gasteiger charge is -2.23. The lowest BCUT2D eigenvalue weighted by atomic mass is 10.1. The molecule has 18 heavy (non-hydrogen) atoms. The van der Waals surface area contributed by atoms with Gasteiger partial charge in [0.2, 0.25) is 0 Å². The second kappa shape index (κ2) is 5.18. The summed E-state index contributed by atoms with van der Waals surface area (Å²) in [6.45, 7) is 4.99. The minimum absolute atomic E-state index is 0.154. The fourth-order valence-corrected chi connectivity index (χ4v) is 3.48. The van der Waals surface area contributed by atoms with Crippen molar-refractivity contribution >= 4 is 23.1 Å². The molecule has 1 atom stereocenters. The number of hydrogen-bond donors (Lipinski definition) is 1. The summed E-state index contributed by atoms with van der Waals surface area (Å²) >= 11 is 1.98. The first-order chi connectivity index (χ1) is 8.48. The monoisotopic (exact) mass is 266 g/mol. The van der Waals surface area contributed by atoms with Gasteiger partial charge in [-0.3, -0.25) is 10.1 Å². The van der Waals surface area contributed by atoms with Crippen LogP contribution in [0.3, 0.4) is 0 Å². The van der Waals surface area contributed by atoms with Crippen molar-refractivity contribution in [3.63, 3.8) is 0 Å². The molecule has 0 saturated carbocycles. The molecule has 0 radical (unpaired) electrons. The van der Waals surface area contributed by atoms with Crippen LogP contribution < -0.4 is 5.32 Å². The van der Waals surface area contributed by atoms with Crippen LogP contribution in [-0.2, 0) is 0 Å². The number of nitro benzene ring substituents is 1. The molecule has 1 fully saturated rings. The van der Waals surface area contributed by atoms with Crippen LogP contribution in [0.15, 0.2) is 18.2 Å². The molecule has 4 nitrogen and oxygen atoms in total. The fraction of sp³-hybridized carbons (Fsp3) is 0.538. The first-order valence-electron chi connectivity index (χ1n) is 6.12. The third-order valence-electron chi connectivity index (χ3n) is 3.24. The molecule has 0 aliphatic carbocycles. The average Bonchev–Trinajstić information content (AvgIpc) is 2.73. The topological polar surface area (TPSA) is 55.2 Å². The number of nitro groups is 1. The Kier molecular flexibility index (Phi) is 3.80. The summed E-state index contributed by atoms with van der Waals surface area (Å²) in [6, 6.07) is 5.16. The van der Waals surface area contributed by atoms with Gasteiger partial charge in [-0.25, -0.2) is 0 Å². The van der Waals surface area contributed by atoms with Crippen LogP contribution in [-0.4, -0.2) is 22.0 Å². The van der Waals surface area contributed by atoms with E-state index in [0.29, 0.717) is 0 Å². The van der Waals surface area contributed by atoms with Crippen molar-refractivity contribution in [1.29, 1.82) is 0 Å². The van der Waals surface area contributed by atoms with Crippen LogP contribution in [0.2, 0.25) is 0 Å². The summed E-state index contributed by atoms with van der Waals surface area (Å²) < 4.78 is 0.262. The fourth-order valence-electron chi connectivity index (χ4n) is 2.24. The molecule has 1 saturated heterocycles. The Morgan fingerprint density at radius 1 is 1.50 bits per heavy atom. The number of thioether (sulfide) groups is 1. The molecule has 1 N–H and O–H groups in total. The molecule has 0 aromatic heterocycles. The molecule has 0 bridgehead atoms. The number of nitrogens with zero attached hydrogens (tertiary/aromatic N) is 1. The molecular weight excluding hydrogens is 248 g/mol. The van der Waals surface area contributed by atoms with E-state index >= 15 is 0 Å². The Morgan fingerprint density at radius 2 is 2.28 bits per heavy atom. The van der Waals surface area contributed by atoms with E-state index in [2.05, 4.69) is 12.2 Å². The SMILES string of the molecule is Cc1cc(NCC2(C)CCCS2)cc([N+](=O)[O-])c1. The summed E-state index contributed by atoms with van der Waals surface area (Å²) in [5.41, 5.74) is 1.91. The second-order valence-electron chi connectivity index (χ2n) is 5.07. The van der Waals surface area contributed by atoms with E-state index in [1.54, 1.807) is 12.1 Å². The lowest BCUT2D eigenvalue weighted by molar-refractivity contribution is -0.384. The molecule has 1 heterocycles. The zero-order valence-electron chi connectivity index (χ0n) is 10.7. The zero-order valence-corrected chi connectivity index (χ0v) is 11.5. The molecular formula is C13H18N2O2S. The van der Waals surface area contributed by atoms with Crippen molar-refractivity contribution < 1.29 is 4.92 Å². The van der Waals surface area contributed by atoms with E-state index in [0.717, 1.165) is 17.8 Å². The largest absolute Gasteiger partial charge is 0.383 e. The van der Waals surface area contributed by atoms with Crippen molar-refractivity contribution in [2.75, 3.05) is 17.6 Å². The number of non-ortho nitro benzene ring substituents is 1. The average molecular weight is 266 g/mol. The molecule has 0 amide bonds. The minimum atomic E-state index is -0.343. The third kappa shape index (κ3) is 3.16. The number of anilines is 1. The van der Waals surface area contributed by atoms with Crippen LogP contribution >= 0.6 is 11.8 Å². The summed E-state index contributed by atoms with van der Waals surface area (Å²) in [4.78, 5) is 10.5. The number of rotatable bonds is 4. The van der Waals surface area contributed by atoms with Crippen LogP contribution in [0, 0.1) is 17.0 Å². The van der Waals surface area contributed by atoms with Gasteiger partial charge in [-0.05, 0) is 44.1 Å². The van der Waals surface area contributed by atoms with Gasteiger partial charge in [-0.2, -0.15) is 11.8 Å². The van der Waals surface area contributed by atoms with Gasteiger partial charge in [0.25, 0.3) is 5.69 Å². The Balaban J connectivity index is 2.07. The van der Waals surface area contributed by atoms with Gasteiger partial charge in [0.1, 0.15) is 0 Å². The summed E-state index contributed by atoms with van der Waals surface area (Å²) in [5, 5.41) is 14.1. The summed E-state index contributed by atoms with van der Waals surface area (Å²) in [5.74, 6) is 1.21. The van der Waals surface area contributed by atoms with Crippen LogP contribution in [0.5, 0.6) is 0 Å². The summed E-state index contributed by atoms with van der Waals surface area (Å²) in [6.07, 6.45) is 2.47. The maximum absolute atomic E-state index is 10.8. The Labute approximate surface area is 111 Å². The molecule has 2 rings (SSSR count). The first kappa shape index (κ1) is 13.2. The second-order valence-corrected chi connectivity index (χ2v) is 6.75. The van der Waals surface area contributed by atoms with Crippen molar-refractivity contribution in [1.82, 2.24) is 0 Å².